The van der Waals surface area contributed by atoms with Crippen molar-refractivity contribution in [1.29, 1.82) is 5.26 Å². The molecule has 0 saturated heterocycles. The highest BCUT2D eigenvalue weighted by molar-refractivity contribution is 5.89. The summed E-state index contributed by atoms with van der Waals surface area (Å²) in [5.74, 6) is 0.0346. The number of nitrogens with one attached hydrogen (secondary N) is 2. The van der Waals surface area contributed by atoms with Gasteiger partial charge in [0.2, 0.25) is 5.88 Å². The number of hydrogen-bond donors (Lipinski definition) is 2. The van der Waals surface area contributed by atoms with Gasteiger partial charge in [0.15, 0.2) is 0 Å². The van der Waals surface area contributed by atoms with Crippen LogP contribution in [0.4, 0.5) is 14.9 Å². The first-order valence-corrected chi connectivity index (χ1v) is 8.49. The normalized spacial score (nSPS) is 19.2. The predicted molar refractivity (Wildman–Crippen MR) is 94.2 cm³/mol. The minimum Gasteiger partial charge on any atom is -0.474 e. The number of pyridine rings is 1. The number of rotatable bonds is 4. The van der Waals surface area contributed by atoms with Gasteiger partial charge in [0.1, 0.15) is 18.0 Å². The van der Waals surface area contributed by atoms with Crippen LogP contribution in [0.2, 0.25) is 0 Å². The molecule has 0 aliphatic heterocycles. The van der Waals surface area contributed by atoms with E-state index < -0.39 is 11.8 Å². The van der Waals surface area contributed by atoms with Gasteiger partial charge in [-0.2, -0.15) is 5.26 Å². The van der Waals surface area contributed by atoms with Gasteiger partial charge < -0.3 is 15.4 Å². The molecule has 1 saturated carbocycles. The molecule has 7 heteroatoms. The molecule has 1 fully saturated rings. The molecule has 1 aromatic heterocycles. The number of carbonyl (C=O) groups is 1. The van der Waals surface area contributed by atoms with Gasteiger partial charge in [-0.25, -0.2) is 14.2 Å². The van der Waals surface area contributed by atoms with Crippen molar-refractivity contribution >= 4 is 11.7 Å². The summed E-state index contributed by atoms with van der Waals surface area (Å²) < 4.78 is 19.4. The first kappa shape index (κ1) is 17.7. The second-order valence-corrected chi connectivity index (χ2v) is 6.17. The quantitative estimate of drug-likeness (QED) is 0.878. The van der Waals surface area contributed by atoms with Crippen LogP contribution in [-0.2, 0) is 0 Å². The van der Waals surface area contributed by atoms with E-state index in [9.17, 15) is 9.18 Å². The zero-order valence-corrected chi connectivity index (χ0v) is 14.1. The highest BCUT2D eigenvalue weighted by Crippen LogP contribution is 2.23. The molecule has 134 valence electrons. The lowest BCUT2D eigenvalue weighted by molar-refractivity contribution is 0.135. The number of nitrogens with zero attached hydrogens (tertiary/aromatic N) is 2. The summed E-state index contributed by atoms with van der Waals surface area (Å²) in [5, 5.41) is 14.2. The molecular formula is C19H19FN4O2. The van der Waals surface area contributed by atoms with E-state index in [2.05, 4.69) is 15.6 Å². The number of urea groups is 1. The van der Waals surface area contributed by atoms with Gasteiger partial charge in [0.25, 0.3) is 0 Å². The highest BCUT2D eigenvalue weighted by Gasteiger charge is 2.24. The molecule has 6 nitrogen and oxygen atoms in total. The van der Waals surface area contributed by atoms with Gasteiger partial charge >= 0.3 is 6.03 Å². The zero-order chi connectivity index (χ0) is 18.4. The van der Waals surface area contributed by atoms with Crippen molar-refractivity contribution in [3.8, 4) is 11.9 Å². The van der Waals surface area contributed by atoms with E-state index in [0.717, 1.165) is 25.7 Å². The molecule has 0 atom stereocenters. The monoisotopic (exact) mass is 354 g/mol. The molecule has 0 spiro atoms. The summed E-state index contributed by atoms with van der Waals surface area (Å²) in [7, 11) is 0. The Morgan fingerprint density at radius 2 is 1.96 bits per heavy atom. The largest absolute Gasteiger partial charge is 0.474 e. The van der Waals surface area contributed by atoms with Crippen molar-refractivity contribution in [1.82, 2.24) is 10.3 Å². The average Bonchev–Trinajstić information content (AvgIpc) is 2.66. The summed E-state index contributed by atoms with van der Waals surface area (Å²) in [4.78, 5) is 16.1. The summed E-state index contributed by atoms with van der Waals surface area (Å²) >= 11 is 0. The lowest BCUT2D eigenvalue weighted by Crippen LogP contribution is -2.41. The summed E-state index contributed by atoms with van der Waals surface area (Å²) in [5.41, 5.74) is 0.653. The van der Waals surface area contributed by atoms with Crippen LogP contribution < -0.4 is 15.4 Å². The van der Waals surface area contributed by atoms with E-state index in [4.69, 9.17) is 10.00 Å². The average molecular weight is 354 g/mol. The molecule has 2 aromatic rings. The smallest absolute Gasteiger partial charge is 0.319 e. The molecule has 2 N–H and O–H groups in total. The lowest BCUT2D eigenvalue weighted by Gasteiger charge is -2.29. The Labute approximate surface area is 151 Å². The summed E-state index contributed by atoms with van der Waals surface area (Å²) in [6.45, 7) is 0. The molecule has 1 aliphatic rings. The van der Waals surface area contributed by atoms with Crippen molar-refractivity contribution in [2.24, 2.45) is 0 Å². The number of nitriles is 1. The molecule has 0 bridgehead atoms. The van der Waals surface area contributed by atoms with Crippen LogP contribution in [0.1, 0.15) is 31.2 Å². The third kappa shape index (κ3) is 4.70. The van der Waals surface area contributed by atoms with Crippen molar-refractivity contribution in [3.05, 3.63) is 54.0 Å². The van der Waals surface area contributed by atoms with E-state index in [1.165, 1.54) is 18.3 Å². The minimum atomic E-state index is -0.463. The van der Waals surface area contributed by atoms with Gasteiger partial charge in [-0.05, 0) is 43.9 Å². The Hall–Kier alpha value is -3.14. The van der Waals surface area contributed by atoms with Crippen LogP contribution in [0.25, 0.3) is 0 Å². The zero-order valence-electron chi connectivity index (χ0n) is 14.1. The van der Waals surface area contributed by atoms with Crippen LogP contribution >= 0.6 is 0 Å². The Balaban J connectivity index is 1.44. The van der Waals surface area contributed by atoms with Gasteiger partial charge in [0, 0.05) is 18.3 Å². The maximum Gasteiger partial charge on any atom is 0.319 e. The van der Waals surface area contributed by atoms with Gasteiger partial charge in [-0.3, -0.25) is 0 Å². The number of amides is 2. The number of hydrogen-bond acceptors (Lipinski definition) is 4. The lowest BCUT2D eigenvalue weighted by atomic mass is 9.93. The summed E-state index contributed by atoms with van der Waals surface area (Å²) in [6, 6.07) is 11.0. The second kappa shape index (κ2) is 8.30. The van der Waals surface area contributed by atoms with Crippen LogP contribution in [0.15, 0.2) is 42.6 Å². The molecule has 0 unspecified atom stereocenters. The van der Waals surface area contributed by atoms with Crippen LogP contribution in [0.3, 0.4) is 0 Å². The van der Waals surface area contributed by atoms with Crippen molar-refractivity contribution < 1.29 is 13.9 Å². The molecule has 1 aliphatic carbocycles. The predicted octanol–water partition coefficient (Wildman–Crippen LogP) is 3.60. The first-order valence-electron chi connectivity index (χ1n) is 8.49. The Morgan fingerprint density at radius 1 is 1.19 bits per heavy atom. The maximum absolute atomic E-state index is 13.6. The van der Waals surface area contributed by atoms with Crippen molar-refractivity contribution in [3.63, 3.8) is 0 Å². The van der Waals surface area contributed by atoms with E-state index >= 15 is 0 Å². The van der Waals surface area contributed by atoms with Crippen LogP contribution in [-0.4, -0.2) is 23.2 Å². The third-order valence-corrected chi connectivity index (χ3v) is 4.28. The second-order valence-electron chi connectivity index (χ2n) is 6.17. The van der Waals surface area contributed by atoms with E-state index in [1.807, 2.05) is 6.07 Å². The maximum atomic E-state index is 13.6. The fraction of sp³-hybridized carbons (Fsp3) is 0.316. The van der Waals surface area contributed by atoms with Crippen LogP contribution in [0, 0.1) is 17.1 Å². The number of carbonyl (C=O) groups excluding carboxylic acids is 1. The van der Waals surface area contributed by atoms with Crippen molar-refractivity contribution in [2.45, 2.75) is 37.8 Å². The molecule has 0 radical (unpaired) electrons. The number of ether oxygens (including phenoxy) is 1. The van der Waals surface area contributed by atoms with E-state index in [0.29, 0.717) is 11.4 Å². The SMILES string of the molecule is N#Cc1ccc(OC2CCC(NC(=O)Nc3ccccc3F)CC2)nc1. The minimum absolute atomic E-state index is 0.0237. The van der Waals surface area contributed by atoms with Gasteiger partial charge in [-0.15, -0.1) is 0 Å². The Kier molecular flexibility index (Phi) is 5.64. The van der Waals surface area contributed by atoms with Gasteiger partial charge in [0.05, 0.1) is 11.3 Å². The highest BCUT2D eigenvalue weighted by atomic mass is 19.1. The number of benzene rings is 1. The van der Waals surface area contributed by atoms with E-state index in [-0.39, 0.29) is 17.8 Å². The molecule has 1 heterocycles. The van der Waals surface area contributed by atoms with Crippen LogP contribution in [0.5, 0.6) is 5.88 Å². The fourth-order valence-corrected chi connectivity index (χ4v) is 2.92. The molecule has 2 amide bonds. The molecule has 1 aromatic carbocycles. The summed E-state index contributed by atoms with van der Waals surface area (Å²) in [6.07, 6.45) is 4.62. The Morgan fingerprint density at radius 3 is 2.62 bits per heavy atom. The molecule has 26 heavy (non-hydrogen) atoms. The topological polar surface area (TPSA) is 87.0 Å². The standard InChI is InChI=1S/C19H19FN4O2/c20-16-3-1-2-4-17(16)24-19(25)23-14-6-8-15(9-7-14)26-18-10-5-13(11-21)12-22-18/h1-5,10,12,14-15H,6-9H2,(H2,23,24,25). The van der Waals surface area contributed by atoms with E-state index in [1.54, 1.807) is 24.3 Å². The Bertz CT molecular complexity index is 796. The van der Waals surface area contributed by atoms with Crippen molar-refractivity contribution in [2.75, 3.05) is 5.32 Å². The van der Waals surface area contributed by atoms with Gasteiger partial charge in [-0.1, -0.05) is 12.1 Å². The number of anilines is 1. The first-order chi connectivity index (χ1) is 12.6. The fourth-order valence-electron chi connectivity index (χ4n) is 2.92. The molecule has 3 rings (SSSR count). The number of para-hydroxylation sites is 1. The molecular weight excluding hydrogens is 335 g/mol. The third-order valence-electron chi connectivity index (χ3n) is 4.28. The number of halogens is 1. The number of aromatic nitrogens is 1.